The molecule has 1 heterocycles. The van der Waals surface area contributed by atoms with E-state index in [1.807, 2.05) is 36.4 Å². The molecule has 0 aromatic heterocycles. The Hall–Kier alpha value is -1.80. The SMILES string of the molecule is O=C1CC[C@H](c2ccccc2)c2ccc(Cl)cc2N1. The lowest BCUT2D eigenvalue weighted by molar-refractivity contribution is -0.116. The van der Waals surface area contributed by atoms with Gasteiger partial charge < -0.3 is 5.32 Å². The van der Waals surface area contributed by atoms with Gasteiger partial charge in [-0.2, -0.15) is 0 Å². The molecule has 2 nitrogen and oxygen atoms in total. The molecule has 3 heteroatoms. The third kappa shape index (κ3) is 2.49. The second kappa shape index (κ2) is 5.06. The molecule has 0 bridgehead atoms. The van der Waals surface area contributed by atoms with Crippen molar-refractivity contribution in [2.45, 2.75) is 18.8 Å². The monoisotopic (exact) mass is 271 g/mol. The Morgan fingerprint density at radius 1 is 1.11 bits per heavy atom. The van der Waals surface area contributed by atoms with Crippen molar-refractivity contribution in [1.82, 2.24) is 0 Å². The number of amides is 1. The Balaban J connectivity index is 2.10. The van der Waals surface area contributed by atoms with Crippen LogP contribution in [0.4, 0.5) is 5.69 Å². The van der Waals surface area contributed by atoms with Gasteiger partial charge in [0.05, 0.1) is 0 Å². The van der Waals surface area contributed by atoms with E-state index < -0.39 is 0 Å². The number of benzene rings is 2. The molecule has 96 valence electrons. The minimum Gasteiger partial charge on any atom is -0.326 e. The Kier molecular flexibility index (Phi) is 3.26. The van der Waals surface area contributed by atoms with Crippen molar-refractivity contribution in [3.63, 3.8) is 0 Å². The van der Waals surface area contributed by atoms with Gasteiger partial charge in [-0.15, -0.1) is 0 Å². The first-order valence-corrected chi connectivity index (χ1v) is 6.76. The van der Waals surface area contributed by atoms with Crippen LogP contribution in [0.15, 0.2) is 48.5 Å². The fourth-order valence-electron chi connectivity index (χ4n) is 2.62. The molecule has 0 fully saturated rings. The number of rotatable bonds is 1. The summed E-state index contributed by atoms with van der Waals surface area (Å²) in [6.07, 6.45) is 1.36. The van der Waals surface area contributed by atoms with Crippen LogP contribution in [0, 0.1) is 0 Å². The minimum absolute atomic E-state index is 0.0574. The third-order valence-corrected chi connectivity index (χ3v) is 3.76. The van der Waals surface area contributed by atoms with Crippen molar-refractivity contribution < 1.29 is 4.79 Å². The molecule has 1 aliphatic rings. The summed E-state index contributed by atoms with van der Waals surface area (Å²) in [7, 11) is 0. The Morgan fingerprint density at radius 3 is 2.68 bits per heavy atom. The molecule has 3 rings (SSSR count). The van der Waals surface area contributed by atoms with Crippen molar-refractivity contribution in [1.29, 1.82) is 0 Å². The standard InChI is InChI=1S/C16H14ClNO/c17-12-6-7-14-13(11-4-2-1-3-5-11)8-9-16(19)18-15(14)10-12/h1-7,10,13H,8-9H2,(H,18,19)/t13-/m1/s1. The summed E-state index contributed by atoms with van der Waals surface area (Å²) in [6, 6.07) is 16.0. The van der Waals surface area contributed by atoms with Gasteiger partial charge >= 0.3 is 0 Å². The van der Waals surface area contributed by atoms with E-state index in [4.69, 9.17) is 11.6 Å². The van der Waals surface area contributed by atoms with Crippen LogP contribution in [-0.2, 0) is 4.79 Å². The zero-order valence-electron chi connectivity index (χ0n) is 10.4. The minimum atomic E-state index is 0.0574. The van der Waals surface area contributed by atoms with Crippen LogP contribution < -0.4 is 5.32 Å². The van der Waals surface area contributed by atoms with Gasteiger partial charge in [0.1, 0.15) is 0 Å². The average Bonchev–Trinajstić information content (AvgIpc) is 2.57. The zero-order valence-corrected chi connectivity index (χ0v) is 11.2. The van der Waals surface area contributed by atoms with Crippen LogP contribution in [-0.4, -0.2) is 5.91 Å². The van der Waals surface area contributed by atoms with Crippen LogP contribution in [0.25, 0.3) is 0 Å². The first kappa shape index (κ1) is 12.2. The molecule has 0 saturated heterocycles. The number of fused-ring (bicyclic) bond motifs is 1. The van der Waals surface area contributed by atoms with E-state index >= 15 is 0 Å². The molecule has 0 aliphatic carbocycles. The summed E-state index contributed by atoms with van der Waals surface area (Å²) in [5.74, 6) is 0.300. The van der Waals surface area contributed by atoms with Gasteiger partial charge in [0.2, 0.25) is 5.91 Å². The number of carbonyl (C=O) groups excluding carboxylic acids is 1. The molecular weight excluding hydrogens is 258 g/mol. The molecule has 19 heavy (non-hydrogen) atoms. The third-order valence-electron chi connectivity index (χ3n) is 3.53. The van der Waals surface area contributed by atoms with Crippen molar-refractivity contribution in [3.8, 4) is 0 Å². The summed E-state index contributed by atoms with van der Waals surface area (Å²) in [5.41, 5.74) is 3.22. The smallest absolute Gasteiger partial charge is 0.224 e. The predicted molar refractivity (Wildman–Crippen MR) is 77.6 cm³/mol. The summed E-state index contributed by atoms with van der Waals surface area (Å²) >= 11 is 6.02. The van der Waals surface area contributed by atoms with Crippen LogP contribution in [0.1, 0.15) is 29.9 Å². The molecule has 0 radical (unpaired) electrons. The second-order valence-electron chi connectivity index (χ2n) is 4.78. The van der Waals surface area contributed by atoms with E-state index in [9.17, 15) is 4.79 Å². The van der Waals surface area contributed by atoms with E-state index in [0.29, 0.717) is 11.4 Å². The van der Waals surface area contributed by atoms with Gasteiger partial charge in [-0.1, -0.05) is 48.0 Å². The number of carbonyl (C=O) groups is 1. The van der Waals surface area contributed by atoms with Gasteiger partial charge in [-0.3, -0.25) is 4.79 Å². The van der Waals surface area contributed by atoms with Gasteiger partial charge in [-0.25, -0.2) is 0 Å². The molecule has 1 amide bonds. The molecular formula is C16H14ClNO. The average molecular weight is 272 g/mol. The van der Waals surface area contributed by atoms with Crippen LogP contribution >= 0.6 is 11.6 Å². The normalized spacial score (nSPS) is 18.4. The van der Waals surface area contributed by atoms with Crippen LogP contribution in [0.3, 0.4) is 0 Å². The summed E-state index contributed by atoms with van der Waals surface area (Å²) in [5, 5.41) is 3.59. The molecule has 0 spiro atoms. The fraction of sp³-hybridized carbons (Fsp3) is 0.188. The molecule has 2 aromatic rings. The van der Waals surface area contributed by atoms with E-state index in [2.05, 4.69) is 17.4 Å². The number of halogens is 1. The van der Waals surface area contributed by atoms with Crippen LogP contribution in [0.5, 0.6) is 0 Å². The number of hydrogen-bond donors (Lipinski definition) is 1. The van der Waals surface area contributed by atoms with Gasteiger partial charge in [-0.05, 0) is 29.7 Å². The highest BCUT2D eigenvalue weighted by molar-refractivity contribution is 6.31. The fourth-order valence-corrected chi connectivity index (χ4v) is 2.79. The maximum absolute atomic E-state index is 11.8. The molecule has 1 aliphatic heterocycles. The van der Waals surface area contributed by atoms with Crippen molar-refractivity contribution in [3.05, 3.63) is 64.7 Å². The molecule has 2 aromatic carbocycles. The lowest BCUT2D eigenvalue weighted by Gasteiger charge is -2.17. The lowest BCUT2D eigenvalue weighted by atomic mass is 9.87. The first-order valence-electron chi connectivity index (χ1n) is 6.38. The maximum Gasteiger partial charge on any atom is 0.224 e. The van der Waals surface area contributed by atoms with E-state index in [-0.39, 0.29) is 11.8 Å². The molecule has 1 atom stereocenters. The largest absolute Gasteiger partial charge is 0.326 e. The van der Waals surface area contributed by atoms with E-state index in [1.165, 1.54) is 5.56 Å². The van der Waals surface area contributed by atoms with E-state index in [1.54, 1.807) is 0 Å². The van der Waals surface area contributed by atoms with Gasteiger partial charge in [0.25, 0.3) is 0 Å². The van der Waals surface area contributed by atoms with Crippen LogP contribution in [0.2, 0.25) is 5.02 Å². The maximum atomic E-state index is 11.8. The summed E-state index contributed by atoms with van der Waals surface area (Å²) in [6.45, 7) is 0. The Morgan fingerprint density at radius 2 is 1.89 bits per heavy atom. The number of anilines is 1. The van der Waals surface area contributed by atoms with E-state index in [0.717, 1.165) is 17.7 Å². The highest BCUT2D eigenvalue weighted by Gasteiger charge is 2.23. The second-order valence-corrected chi connectivity index (χ2v) is 5.22. The quantitative estimate of drug-likeness (QED) is 0.827. The topological polar surface area (TPSA) is 29.1 Å². The van der Waals surface area contributed by atoms with Crippen molar-refractivity contribution in [2.24, 2.45) is 0 Å². The molecule has 1 N–H and O–H groups in total. The predicted octanol–water partition coefficient (Wildman–Crippen LogP) is 4.20. The van der Waals surface area contributed by atoms with Gasteiger partial charge in [0, 0.05) is 23.0 Å². The summed E-state index contributed by atoms with van der Waals surface area (Å²) in [4.78, 5) is 11.8. The number of nitrogens with one attached hydrogen (secondary N) is 1. The molecule has 0 saturated carbocycles. The van der Waals surface area contributed by atoms with Crippen molar-refractivity contribution in [2.75, 3.05) is 5.32 Å². The van der Waals surface area contributed by atoms with Gasteiger partial charge in [0.15, 0.2) is 0 Å². The lowest BCUT2D eigenvalue weighted by Crippen LogP contribution is -2.08. The summed E-state index contributed by atoms with van der Waals surface area (Å²) < 4.78 is 0. The Labute approximate surface area is 117 Å². The first-order chi connectivity index (χ1) is 9.24. The molecule has 0 unspecified atom stereocenters. The Bertz CT molecular complexity index is 609. The highest BCUT2D eigenvalue weighted by Crippen LogP contribution is 2.37. The van der Waals surface area contributed by atoms with Crippen molar-refractivity contribution >= 4 is 23.2 Å². The zero-order chi connectivity index (χ0) is 13.2. The highest BCUT2D eigenvalue weighted by atomic mass is 35.5. The number of hydrogen-bond acceptors (Lipinski definition) is 1.